The van der Waals surface area contributed by atoms with Crippen molar-refractivity contribution >= 4 is 35.6 Å². The Morgan fingerprint density at radius 3 is 2.17 bits per heavy atom. The molecule has 2 aliphatic rings. The molecule has 2 fully saturated rings. The number of rotatable bonds is 4. The molecule has 1 aliphatic heterocycles. The van der Waals surface area contributed by atoms with E-state index in [1.54, 1.807) is 0 Å². The summed E-state index contributed by atoms with van der Waals surface area (Å²) in [5.74, 6) is 0.185. The molecule has 1 saturated heterocycles. The third-order valence-corrected chi connectivity index (χ3v) is 6.85. The van der Waals surface area contributed by atoms with Crippen molar-refractivity contribution in [3.8, 4) is 0 Å². The molecule has 0 bridgehead atoms. The molecule has 1 atom stereocenters. The highest BCUT2D eigenvalue weighted by Gasteiger charge is 2.39. The Kier molecular flexibility index (Phi) is 9.24. The number of hydrogen-bond donors (Lipinski definition) is 1. The third kappa shape index (κ3) is 5.65. The van der Waals surface area contributed by atoms with E-state index in [1.807, 2.05) is 0 Å². The zero-order valence-corrected chi connectivity index (χ0v) is 19.2. The summed E-state index contributed by atoms with van der Waals surface area (Å²) in [7, 11) is 2.21. The van der Waals surface area contributed by atoms with Crippen molar-refractivity contribution in [3.63, 3.8) is 0 Å². The number of benzene rings is 2. The molecule has 1 aliphatic carbocycles. The van der Waals surface area contributed by atoms with Gasteiger partial charge in [-0.25, -0.2) is 0 Å². The van der Waals surface area contributed by atoms with Gasteiger partial charge in [0.2, 0.25) is 0 Å². The van der Waals surface area contributed by atoms with Gasteiger partial charge in [0.1, 0.15) is 0 Å². The summed E-state index contributed by atoms with van der Waals surface area (Å²) in [6, 6.07) is 15.3. The lowest BCUT2D eigenvalue weighted by molar-refractivity contribution is -0.0166. The van der Waals surface area contributed by atoms with Crippen molar-refractivity contribution in [2.24, 2.45) is 0 Å². The number of fused-ring (bicyclic) bond motifs is 1. The molecule has 1 heterocycles. The maximum absolute atomic E-state index is 11.9. The lowest BCUT2D eigenvalue weighted by atomic mass is 9.75. The predicted octanol–water partition coefficient (Wildman–Crippen LogP) is 5.10. The number of likely N-dealkylation sites (N-methyl/N-ethyl adjacent to an activating group) is 1. The van der Waals surface area contributed by atoms with Gasteiger partial charge in [-0.2, -0.15) is 0 Å². The first-order valence-corrected chi connectivity index (χ1v) is 10.8. The molecular weight excluding hydrogens is 403 g/mol. The zero-order chi connectivity index (χ0) is 18.7. The smallest absolute Gasteiger partial charge is 0.0728 e. The van der Waals surface area contributed by atoms with E-state index < -0.39 is 5.60 Å². The summed E-state index contributed by atoms with van der Waals surface area (Å²) in [5.41, 5.74) is 0.765. The van der Waals surface area contributed by atoms with Crippen LogP contribution in [0.15, 0.2) is 42.5 Å². The van der Waals surface area contributed by atoms with Crippen LogP contribution in [0.2, 0.25) is 0 Å². The Balaban J connectivity index is 0.00000150. The summed E-state index contributed by atoms with van der Waals surface area (Å²) in [6.45, 7) is 5.43. The maximum Gasteiger partial charge on any atom is 0.0728 e. The van der Waals surface area contributed by atoms with E-state index >= 15 is 0 Å². The van der Waals surface area contributed by atoms with Crippen LogP contribution < -0.4 is 0 Å². The maximum atomic E-state index is 11.9. The van der Waals surface area contributed by atoms with Gasteiger partial charge in [0.05, 0.1) is 5.60 Å². The molecule has 3 nitrogen and oxygen atoms in total. The van der Waals surface area contributed by atoms with E-state index in [1.165, 1.54) is 29.2 Å². The lowest BCUT2D eigenvalue weighted by Gasteiger charge is -2.41. The standard InChI is InChI=1S/C24H34N2O.2ClH/c1-25-15-17-26(18-16-25)19-23(24(27)13-6-2-3-7-14-24)22-12-8-10-20-9-4-5-11-21(20)22;;/h4-5,8-12,23,27H,2-3,6-7,13-19H2,1H3;2*1H. The van der Waals surface area contributed by atoms with Gasteiger partial charge in [-0.3, -0.25) is 0 Å². The SMILES string of the molecule is CN1CCN(CC(c2cccc3ccccc23)C2(O)CCCCCC2)CC1.Cl.Cl. The third-order valence-electron chi connectivity index (χ3n) is 6.85. The highest BCUT2D eigenvalue weighted by molar-refractivity contribution is 5.86. The Hall–Kier alpha value is -0.840. The highest BCUT2D eigenvalue weighted by Crippen LogP contribution is 2.41. The molecule has 0 aromatic heterocycles. The first-order chi connectivity index (χ1) is 13.2. The Bertz CT molecular complexity index is 748. The van der Waals surface area contributed by atoms with Crippen LogP contribution in [0.1, 0.15) is 50.0 Å². The minimum atomic E-state index is -0.579. The molecule has 1 unspecified atom stereocenters. The Morgan fingerprint density at radius 2 is 1.48 bits per heavy atom. The van der Waals surface area contributed by atoms with Crippen molar-refractivity contribution in [3.05, 3.63) is 48.0 Å². The second-order valence-corrected chi connectivity index (χ2v) is 8.74. The van der Waals surface area contributed by atoms with E-state index in [9.17, 15) is 5.11 Å². The molecule has 0 amide bonds. The first kappa shape index (κ1) is 24.4. The number of hydrogen-bond acceptors (Lipinski definition) is 3. The number of piperazine rings is 1. The second kappa shape index (κ2) is 11.0. The average Bonchev–Trinajstić information content (AvgIpc) is 2.92. The van der Waals surface area contributed by atoms with Crippen LogP contribution in [0.3, 0.4) is 0 Å². The monoisotopic (exact) mass is 438 g/mol. The predicted molar refractivity (Wildman–Crippen MR) is 128 cm³/mol. The minimum absolute atomic E-state index is 0. The van der Waals surface area contributed by atoms with Crippen molar-refractivity contribution in [2.75, 3.05) is 39.8 Å². The number of halogens is 2. The van der Waals surface area contributed by atoms with Gasteiger partial charge in [0.25, 0.3) is 0 Å². The van der Waals surface area contributed by atoms with Gasteiger partial charge in [-0.05, 0) is 36.2 Å². The van der Waals surface area contributed by atoms with E-state index in [0.29, 0.717) is 0 Å². The number of aliphatic hydroxyl groups is 1. The molecule has 1 N–H and O–H groups in total. The molecule has 29 heavy (non-hydrogen) atoms. The molecule has 2 aromatic rings. The summed E-state index contributed by atoms with van der Waals surface area (Å²) < 4.78 is 0. The largest absolute Gasteiger partial charge is 0.389 e. The van der Waals surface area contributed by atoms with Gasteiger partial charge in [0.15, 0.2) is 0 Å². The van der Waals surface area contributed by atoms with Crippen LogP contribution in [-0.2, 0) is 0 Å². The summed E-state index contributed by atoms with van der Waals surface area (Å²) in [6.07, 6.45) is 6.71. The normalized spacial score (nSPS) is 21.6. The van der Waals surface area contributed by atoms with Crippen molar-refractivity contribution in [1.29, 1.82) is 0 Å². The molecule has 4 rings (SSSR count). The Labute approximate surface area is 188 Å². The van der Waals surface area contributed by atoms with Crippen LogP contribution >= 0.6 is 24.8 Å². The summed E-state index contributed by atoms with van der Waals surface area (Å²) in [5, 5.41) is 14.5. The summed E-state index contributed by atoms with van der Waals surface area (Å²) in [4.78, 5) is 4.99. The first-order valence-electron chi connectivity index (χ1n) is 10.8. The molecule has 0 spiro atoms. The van der Waals surface area contributed by atoms with E-state index in [-0.39, 0.29) is 30.7 Å². The van der Waals surface area contributed by atoms with Gasteiger partial charge in [0, 0.05) is 38.6 Å². The van der Waals surface area contributed by atoms with Crippen molar-refractivity contribution in [2.45, 2.75) is 50.0 Å². The quantitative estimate of drug-likeness (QED) is 0.672. The zero-order valence-electron chi connectivity index (χ0n) is 17.6. The molecule has 0 radical (unpaired) electrons. The fourth-order valence-electron chi connectivity index (χ4n) is 5.09. The Morgan fingerprint density at radius 1 is 0.862 bits per heavy atom. The van der Waals surface area contributed by atoms with Crippen LogP contribution in [0.25, 0.3) is 10.8 Å². The van der Waals surface area contributed by atoms with Crippen LogP contribution in [0, 0.1) is 0 Å². The lowest BCUT2D eigenvalue weighted by Crippen LogP contribution is -2.49. The molecule has 1 saturated carbocycles. The van der Waals surface area contributed by atoms with Crippen molar-refractivity contribution < 1.29 is 5.11 Å². The van der Waals surface area contributed by atoms with Gasteiger partial charge >= 0.3 is 0 Å². The number of nitrogens with zero attached hydrogens (tertiary/aromatic N) is 2. The van der Waals surface area contributed by atoms with Gasteiger partial charge in [-0.15, -0.1) is 24.8 Å². The molecular formula is C24H36Cl2N2O. The topological polar surface area (TPSA) is 26.7 Å². The van der Waals surface area contributed by atoms with Crippen molar-refractivity contribution in [1.82, 2.24) is 9.80 Å². The summed E-state index contributed by atoms with van der Waals surface area (Å²) >= 11 is 0. The van der Waals surface area contributed by atoms with Crippen LogP contribution in [0.5, 0.6) is 0 Å². The molecule has 5 heteroatoms. The second-order valence-electron chi connectivity index (χ2n) is 8.74. The van der Waals surface area contributed by atoms with E-state index in [0.717, 1.165) is 58.4 Å². The van der Waals surface area contributed by atoms with Crippen LogP contribution in [0.4, 0.5) is 0 Å². The minimum Gasteiger partial charge on any atom is -0.389 e. The van der Waals surface area contributed by atoms with Gasteiger partial charge < -0.3 is 14.9 Å². The van der Waals surface area contributed by atoms with E-state index in [2.05, 4.69) is 59.3 Å². The van der Waals surface area contributed by atoms with Gasteiger partial charge in [-0.1, -0.05) is 68.1 Å². The fourth-order valence-corrected chi connectivity index (χ4v) is 5.09. The van der Waals surface area contributed by atoms with Crippen LogP contribution in [-0.4, -0.2) is 60.3 Å². The van der Waals surface area contributed by atoms with E-state index in [4.69, 9.17) is 0 Å². The fraction of sp³-hybridized carbons (Fsp3) is 0.583. The average molecular weight is 439 g/mol. The molecule has 162 valence electrons. The highest BCUT2D eigenvalue weighted by atomic mass is 35.5. The molecule has 2 aromatic carbocycles.